The van der Waals surface area contributed by atoms with Gasteiger partial charge in [-0.15, -0.1) is 0 Å². The number of rotatable bonds is 6. The van der Waals surface area contributed by atoms with Crippen LogP contribution in [0.15, 0.2) is 18.2 Å². The van der Waals surface area contributed by atoms with E-state index in [-0.39, 0.29) is 5.69 Å². The second-order valence-electron chi connectivity index (χ2n) is 5.92. The van der Waals surface area contributed by atoms with E-state index in [9.17, 15) is 17.6 Å². The standard InChI is InChI=1S/C14H22FN3O4S/c1-14(2,3)22-13(19)17-8-7-16-10-5-6-11(15)12(9-10)18-23(4,20)21/h5-6,9,16,18H,7-8H2,1-4H3,(H,17,19). The van der Waals surface area contributed by atoms with Crippen LogP contribution < -0.4 is 15.4 Å². The smallest absolute Gasteiger partial charge is 0.407 e. The van der Waals surface area contributed by atoms with E-state index >= 15 is 0 Å². The van der Waals surface area contributed by atoms with Crippen molar-refractivity contribution in [3.05, 3.63) is 24.0 Å². The molecule has 130 valence electrons. The van der Waals surface area contributed by atoms with Crippen LogP contribution >= 0.6 is 0 Å². The molecule has 23 heavy (non-hydrogen) atoms. The molecule has 1 aromatic rings. The highest BCUT2D eigenvalue weighted by molar-refractivity contribution is 7.92. The second kappa shape index (κ2) is 7.49. The van der Waals surface area contributed by atoms with Crippen molar-refractivity contribution in [1.82, 2.24) is 5.32 Å². The van der Waals surface area contributed by atoms with Crippen molar-refractivity contribution >= 4 is 27.5 Å². The highest BCUT2D eigenvalue weighted by Gasteiger charge is 2.15. The minimum absolute atomic E-state index is 0.141. The number of sulfonamides is 1. The van der Waals surface area contributed by atoms with E-state index in [0.29, 0.717) is 18.8 Å². The van der Waals surface area contributed by atoms with E-state index < -0.39 is 27.5 Å². The van der Waals surface area contributed by atoms with Gasteiger partial charge in [-0.3, -0.25) is 4.72 Å². The van der Waals surface area contributed by atoms with Crippen LogP contribution in [0.25, 0.3) is 0 Å². The molecule has 1 aromatic carbocycles. The van der Waals surface area contributed by atoms with Crippen LogP contribution in [-0.2, 0) is 14.8 Å². The van der Waals surface area contributed by atoms with Gasteiger partial charge in [0, 0.05) is 18.8 Å². The molecule has 7 nitrogen and oxygen atoms in total. The number of carbonyl (C=O) groups is 1. The third-order valence-corrected chi connectivity index (χ3v) is 2.97. The van der Waals surface area contributed by atoms with Gasteiger partial charge in [-0.2, -0.15) is 0 Å². The van der Waals surface area contributed by atoms with E-state index in [2.05, 4.69) is 15.4 Å². The number of anilines is 2. The Kier molecular flexibility index (Phi) is 6.20. The normalized spacial score (nSPS) is 11.7. The maximum Gasteiger partial charge on any atom is 0.407 e. The lowest BCUT2D eigenvalue weighted by Crippen LogP contribution is -2.35. The van der Waals surface area contributed by atoms with Crippen molar-refractivity contribution in [2.45, 2.75) is 26.4 Å². The maximum atomic E-state index is 13.5. The number of hydrogen-bond donors (Lipinski definition) is 3. The zero-order chi connectivity index (χ0) is 17.7. The van der Waals surface area contributed by atoms with E-state index in [4.69, 9.17) is 4.74 Å². The summed E-state index contributed by atoms with van der Waals surface area (Å²) >= 11 is 0. The SMILES string of the molecule is CC(C)(C)OC(=O)NCCNc1ccc(F)c(NS(C)(=O)=O)c1. The number of ether oxygens (including phenoxy) is 1. The Morgan fingerprint density at radius 1 is 1.26 bits per heavy atom. The Balaban J connectivity index is 2.50. The average molecular weight is 347 g/mol. The zero-order valence-corrected chi connectivity index (χ0v) is 14.4. The molecule has 0 aliphatic heterocycles. The third-order valence-electron chi connectivity index (χ3n) is 2.38. The Bertz CT molecular complexity index is 656. The molecule has 0 spiro atoms. The zero-order valence-electron chi connectivity index (χ0n) is 13.6. The molecule has 0 saturated carbocycles. The van der Waals surface area contributed by atoms with Crippen LogP contribution in [0.3, 0.4) is 0 Å². The quantitative estimate of drug-likeness (QED) is 0.685. The summed E-state index contributed by atoms with van der Waals surface area (Å²) in [6, 6.07) is 3.96. The molecule has 0 saturated heterocycles. The van der Waals surface area contributed by atoms with Crippen molar-refractivity contribution in [3.8, 4) is 0 Å². The van der Waals surface area contributed by atoms with E-state index in [1.165, 1.54) is 12.1 Å². The largest absolute Gasteiger partial charge is 0.444 e. The van der Waals surface area contributed by atoms with Gasteiger partial charge in [0.05, 0.1) is 11.9 Å². The summed E-state index contributed by atoms with van der Waals surface area (Å²) in [5, 5.41) is 5.51. The van der Waals surface area contributed by atoms with Gasteiger partial charge in [0.2, 0.25) is 10.0 Å². The molecule has 0 bridgehead atoms. The molecule has 0 aromatic heterocycles. The van der Waals surface area contributed by atoms with Crippen molar-refractivity contribution in [3.63, 3.8) is 0 Å². The summed E-state index contributed by atoms with van der Waals surface area (Å²) in [5.74, 6) is -0.673. The number of carbonyl (C=O) groups excluding carboxylic acids is 1. The van der Waals surface area contributed by atoms with Crippen LogP contribution in [0.5, 0.6) is 0 Å². The molecule has 0 aliphatic rings. The molecule has 0 fully saturated rings. The first-order valence-corrected chi connectivity index (χ1v) is 8.83. The average Bonchev–Trinajstić information content (AvgIpc) is 2.34. The van der Waals surface area contributed by atoms with Crippen LogP contribution in [-0.4, -0.2) is 39.5 Å². The Hall–Kier alpha value is -2.03. The number of halogens is 1. The van der Waals surface area contributed by atoms with Crippen molar-refractivity contribution in [2.75, 3.05) is 29.4 Å². The van der Waals surface area contributed by atoms with Crippen molar-refractivity contribution < 1.29 is 22.3 Å². The summed E-state index contributed by atoms with van der Waals surface area (Å²) in [6.45, 7) is 5.95. The number of hydrogen-bond acceptors (Lipinski definition) is 5. The number of amides is 1. The van der Waals surface area contributed by atoms with Gasteiger partial charge >= 0.3 is 6.09 Å². The van der Waals surface area contributed by atoms with Gasteiger partial charge in [-0.1, -0.05) is 0 Å². The summed E-state index contributed by atoms with van der Waals surface area (Å²) in [6.07, 6.45) is 0.412. The number of nitrogens with one attached hydrogen (secondary N) is 3. The molecule has 1 rings (SSSR count). The van der Waals surface area contributed by atoms with Gasteiger partial charge in [0.25, 0.3) is 0 Å². The predicted octanol–water partition coefficient (Wildman–Crippen LogP) is 2.13. The van der Waals surface area contributed by atoms with Gasteiger partial charge in [0.1, 0.15) is 11.4 Å². The number of benzene rings is 1. The minimum Gasteiger partial charge on any atom is -0.444 e. The maximum absolute atomic E-state index is 13.5. The Morgan fingerprint density at radius 3 is 2.48 bits per heavy atom. The van der Waals surface area contributed by atoms with Gasteiger partial charge in [-0.05, 0) is 39.0 Å². The molecule has 0 unspecified atom stereocenters. The van der Waals surface area contributed by atoms with Gasteiger partial charge < -0.3 is 15.4 Å². The fraction of sp³-hybridized carbons (Fsp3) is 0.500. The van der Waals surface area contributed by atoms with Crippen molar-refractivity contribution in [1.29, 1.82) is 0 Å². The van der Waals surface area contributed by atoms with Crippen molar-refractivity contribution in [2.24, 2.45) is 0 Å². The molecular weight excluding hydrogens is 325 g/mol. The third kappa shape index (κ3) is 8.24. The highest BCUT2D eigenvalue weighted by atomic mass is 32.2. The van der Waals surface area contributed by atoms with Crippen LogP contribution in [0, 0.1) is 5.82 Å². The first-order valence-electron chi connectivity index (χ1n) is 6.94. The highest BCUT2D eigenvalue weighted by Crippen LogP contribution is 2.20. The topological polar surface area (TPSA) is 96.5 Å². The van der Waals surface area contributed by atoms with Crippen LogP contribution in [0.1, 0.15) is 20.8 Å². The van der Waals surface area contributed by atoms with Crippen LogP contribution in [0.2, 0.25) is 0 Å². The molecule has 0 aliphatic carbocycles. The molecule has 9 heteroatoms. The van der Waals surface area contributed by atoms with E-state index in [1.54, 1.807) is 20.8 Å². The van der Waals surface area contributed by atoms with E-state index in [0.717, 1.165) is 12.3 Å². The lowest BCUT2D eigenvalue weighted by atomic mass is 10.2. The summed E-state index contributed by atoms with van der Waals surface area (Å²) in [5.41, 5.74) is -0.193. The number of alkyl carbamates (subject to hydrolysis) is 1. The van der Waals surface area contributed by atoms with E-state index in [1.807, 2.05) is 0 Å². The Labute approximate surface area is 135 Å². The fourth-order valence-corrected chi connectivity index (χ4v) is 2.15. The monoisotopic (exact) mass is 347 g/mol. The Morgan fingerprint density at radius 2 is 1.91 bits per heavy atom. The lowest BCUT2D eigenvalue weighted by Gasteiger charge is -2.19. The fourth-order valence-electron chi connectivity index (χ4n) is 1.60. The molecule has 1 amide bonds. The van der Waals surface area contributed by atoms with Gasteiger partial charge in [-0.25, -0.2) is 17.6 Å². The second-order valence-corrected chi connectivity index (χ2v) is 7.67. The summed E-state index contributed by atoms with van der Waals surface area (Å²) in [4.78, 5) is 11.4. The van der Waals surface area contributed by atoms with Crippen LogP contribution in [0.4, 0.5) is 20.6 Å². The predicted molar refractivity (Wildman–Crippen MR) is 87.6 cm³/mol. The summed E-state index contributed by atoms with van der Waals surface area (Å²) < 4.78 is 43.0. The summed E-state index contributed by atoms with van der Waals surface area (Å²) in [7, 11) is -3.56. The molecular formula is C14H22FN3O4S. The van der Waals surface area contributed by atoms with Gasteiger partial charge in [0.15, 0.2) is 0 Å². The molecule has 0 radical (unpaired) electrons. The minimum atomic E-state index is -3.56. The molecule has 0 atom stereocenters. The molecule has 3 N–H and O–H groups in total. The lowest BCUT2D eigenvalue weighted by molar-refractivity contribution is 0.0530. The first kappa shape index (κ1) is 19.0. The molecule has 0 heterocycles. The first-order chi connectivity index (χ1) is 10.5.